The van der Waals surface area contributed by atoms with E-state index in [1.165, 1.54) is 0 Å². The number of amides is 2. The number of carbonyl (C=O) groups excluding carboxylic acids is 1. The number of nitrogens with one attached hydrogen (secondary N) is 1. The van der Waals surface area contributed by atoms with Crippen molar-refractivity contribution in [1.29, 1.82) is 0 Å². The lowest BCUT2D eigenvalue weighted by molar-refractivity contribution is 0.0348. The highest BCUT2D eigenvalue weighted by molar-refractivity contribution is 7.90. The minimum Gasteiger partial charge on any atom is -0.379 e. The third-order valence-corrected chi connectivity index (χ3v) is 8.90. The molecule has 0 unspecified atom stereocenters. The predicted octanol–water partition coefficient (Wildman–Crippen LogP) is 4.93. The number of benzene rings is 3. The number of urea groups is 1. The van der Waals surface area contributed by atoms with E-state index < -0.39 is 9.84 Å². The Labute approximate surface area is 251 Å². The number of imidazole rings is 1. The van der Waals surface area contributed by atoms with Crippen LogP contribution in [0.3, 0.4) is 0 Å². The molecule has 5 rings (SSSR count). The van der Waals surface area contributed by atoms with Crippen molar-refractivity contribution in [2.24, 2.45) is 0 Å². The summed E-state index contributed by atoms with van der Waals surface area (Å²) in [5.41, 5.74) is 2.80. The van der Waals surface area contributed by atoms with Crippen LogP contribution < -0.4 is 5.32 Å². The average molecular weight is 608 g/mol. The molecule has 1 aliphatic heterocycles. The van der Waals surface area contributed by atoms with Gasteiger partial charge in [0, 0.05) is 36.9 Å². The molecule has 0 bridgehead atoms. The van der Waals surface area contributed by atoms with Gasteiger partial charge in [0.05, 0.1) is 43.9 Å². The van der Waals surface area contributed by atoms with Gasteiger partial charge in [0.2, 0.25) is 15.0 Å². The molecule has 4 aromatic rings. The Morgan fingerprint density at radius 3 is 2.33 bits per heavy atom. The third-order valence-electron chi connectivity index (χ3n) is 7.07. The van der Waals surface area contributed by atoms with Crippen molar-refractivity contribution in [3.63, 3.8) is 0 Å². The molecule has 9 nitrogen and oxygen atoms in total. The van der Waals surface area contributed by atoms with Crippen LogP contribution in [-0.2, 0) is 33.4 Å². The SMILES string of the molecule is O=C(Nc1cccc(Cl)c1)N(CCN1CCOCC1)Cc1cnc(S(=O)(=O)Cc2ccccc2)n1Cc1ccccc1. The summed E-state index contributed by atoms with van der Waals surface area (Å²) in [5.74, 6) is -0.172. The van der Waals surface area contributed by atoms with Crippen molar-refractivity contribution in [3.05, 3.63) is 113 Å². The van der Waals surface area contributed by atoms with Gasteiger partial charge in [-0.3, -0.25) is 4.90 Å². The number of rotatable bonds is 11. The van der Waals surface area contributed by atoms with Crippen LogP contribution in [0.25, 0.3) is 0 Å². The maximum atomic E-state index is 13.6. The Hall–Kier alpha value is -3.70. The number of morpholine rings is 1. The molecule has 11 heteroatoms. The van der Waals surface area contributed by atoms with Gasteiger partial charge >= 0.3 is 6.03 Å². The van der Waals surface area contributed by atoms with Crippen LogP contribution in [0.2, 0.25) is 5.02 Å². The summed E-state index contributed by atoms with van der Waals surface area (Å²) < 4.78 is 34.5. The lowest BCUT2D eigenvalue weighted by Gasteiger charge is -2.30. The molecule has 42 heavy (non-hydrogen) atoms. The van der Waals surface area contributed by atoms with Crippen molar-refractivity contribution >= 4 is 33.2 Å². The molecule has 2 heterocycles. The zero-order chi connectivity index (χ0) is 29.4. The van der Waals surface area contributed by atoms with Gasteiger partial charge in [-0.25, -0.2) is 18.2 Å². The molecule has 1 fully saturated rings. The second kappa shape index (κ2) is 14.0. The van der Waals surface area contributed by atoms with E-state index in [0.717, 1.165) is 18.7 Å². The van der Waals surface area contributed by atoms with E-state index in [-0.39, 0.29) is 23.5 Å². The number of anilines is 1. The van der Waals surface area contributed by atoms with E-state index >= 15 is 0 Å². The molecule has 3 aromatic carbocycles. The topological polar surface area (TPSA) is 96.8 Å². The van der Waals surface area contributed by atoms with Gasteiger partial charge in [-0.1, -0.05) is 78.3 Å². The summed E-state index contributed by atoms with van der Waals surface area (Å²) in [6.07, 6.45) is 1.56. The Morgan fingerprint density at radius 2 is 1.64 bits per heavy atom. The Balaban J connectivity index is 1.45. The van der Waals surface area contributed by atoms with Crippen LogP contribution in [0.5, 0.6) is 0 Å². The summed E-state index contributed by atoms with van der Waals surface area (Å²) in [7, 11) is -3.79. The summed E-state index contributed by atoms with van der Waals surface area (Å²) in [5, 5.41) is 3.44. The second-order valence-electron chi connectivity index (χ2n) is 10.2. The van der Waals surface area contributed by atoms with Crippen LogP contribution in [0.15, 0.2) is 96.3 Å². The smallest absolute Gasteiger partial charge is 0.322 e. The summed E-state index contributed by atoms with van der Waals surface area (Å²) in [6.45, 7) is 4.43. The first-order valence-corrected chi connectivity index (χ1v) is 15.9. The van der Waals surface area contributed by atoms with E-state index in [9.17, 15) is 13.2 Å². The molecule has 0 saturated carbocycles. The number of nitrogens with zero attached hydrogens (tertiary/aromatic N) is 4. The molecule has 0 aliphatic carbocycles. The Kier molecular flexibility index (Phi) is 9.91. The lowest BCUT2D eigenvalue weighted by atomic mass is 10.2. The van der Waals surface area contributed by atoms with Crippen LogP contribution in [-0.4, -0.2) is 73.2 Å². The predicted molar refractivity (Wildman–Crippen MR) is 163 cm³/mol. The van der Waals surface area contributed by atoms with E-state index in [1.54, 1.807) is 52.1 Å². The van der Waals surface area contributed by atoms with E-state index in [1.807, 2.05) is 48.5 Å². The third kappa shape index (κ3) is 7.98. The molecule has 1 saturated heterocycles. The fourth-order valence-electron chi connectivity index (χ4n) is 4.86. The number of hydrogen-bond acceptors (Lipinski definition) is 6. The van der Waals surface area contributed by atoms with E-state index in [4.69, 9.17) is 16.3 Å². The van der Waals surface area contributed by atoms with Gasteiger partial charge < -0.3 is 19.5 Å². The standard InChI is InChI=1S/C31H34ClN5O4S/c32-27-12-7-13-28(20-27)34-30(38)36(15-14-35-16-18-41-19-17-35)23-29-21-33-31(37(29)22-25-8-3-1-4-9-25)42(39,40)24-26-10-5-2-6-11-26/h1-13,20-21H,14-19,22-24H2,(H,34,38). The zero-order valence-corrected chi connectivity index (χ0v) is 24.8. The highest BCUT2D eigenvalue weighted by atomic mass is 35.5. The normalized spacial score (nSPS) is 14.0. The van der Waals surface area contributed by atoms with Crippen LogP contribution in [0, 0.1) is 0 Å². The molecule has 1 aromatic heterocycles. The molecule has 0 spiro atoms. The maximum Gasteiger partial charge on any atom is 0.322 e. The molecular weight excluding hydrogens is 574 g/mol. The van der Waals surface area contributed by atoms with Crippen molar-refractivity contribution < 1.29 is 17.9 Å². The van der Waals surface area contributed by atoms with Gasteiger partial charge in [0.25, 0.3) is 0 Å². The van der Waals surface area contributed by atoms with Gasteiger partial charge in [0.15, 0.2) is 0 Å². The molecule has 1 aliphatic rings. The molecule has 220 valence electrons. The van der Waals surface area contributed by atoms with Gasteiger partial charge in [-0.2, -0.15) is 0 Å². The number of hydrogen-bond donors (Lipinski definition) is 1. The fraction of sp³-hybridized carbons (Fsp3) is 0.290. The lowest BCUT2D eigenvalue weighted by Crippen LogP contribution is -2.44. The van der Waals surface area contributed by atoms with Crippen LogP contribution >= 0.6 is 11.6 Å². The highest BCUT2D eigenvalue weighted by Gasteiger charge is 2.26. The van der Waals surface area contributed by atoms with Crippen LogP contribution in [0.1, 0.15) is 16.8 Å². The minimum absolute atomic E-state index is 0.0198. The largest absolute Gasteiger partial charge is 0.379 e. The number of aromatic nitrogens is 2. The average Bonchev–Trinajstić information content (AvgIpc) is 3.39. The highest BCUT2D eigenvalue weighted by Crippen LogP contribution is 2.22. The summed E-state index contributed by atoms with van der Waals surface area (Å²) in [6, 6.07) is 25.4. The molecule has 0 atom stereocenters. The summed E-state index contributed by atoms with van der Waals surface area (Å²) >= 11 is 6.15. The van der Waals surface area contributed by atoms with Gasteiger partial charge in [0.1, 0.15) is 0 Å². The Bertz CT molecular complexity index is 1580. The van der Waals surface area contributed by atoms with Crippen molar-refractivity contribution in [1.82, 2.24) is 19.4 Å². The van der Waals surface area contributed by atoms with Crippen LogP contribution in [0.4, 0.5) is 10.5 Å². The molecule has 0 radical (unpaired) electrons. The number of sulfone groups is 1. The number of ether oxygens (including phenoxy) is 1. The fourth-order valence-corrected chi connectivity index (χ4v) is 6.54. The summed E-state index contributed by atoms with van der Waals surface area (Å²) in [4.78, 5) is 21.9. The zero-order valence-electron chi connectivity index (χ0n) is 23.2. The number of carbonyl (C=O) groups is 1. The molecule has 1 N–H and O–H groups in total. The van der Waals surface area contributed by atoms with Crippen molar-refractivity contribution in [2.75, 3.05) is 44.7 Å². The van der Waals surface area contributed by atoms with Crippen molar-refractivity contribution in [2.45, 2.75) is 24.0 Å². The first-order valence-electron chi connectivity index (χ1n) is 13.8. The quantitative estimate of drug-likeness (QED) is 0.260. The minimum atomic E-state index is -3.79. The number of halogens is 1. The van der Waals surface area contributed by atoms with E-state index in [2.05, 4.69) is 15.2 Å². The van der Waals surface area contributed by atoms with Gasteiger partial charge in [-0.15, -0.1) is 0 Å². The second-order valence-corrected chi connectivity index (χ2v) is 12.5. The van der Waals surface area contributed by atoms with Crippen molar-refractivity contribution in [3.8, 4) is 0 Å². The first-order chi connectivity index (χ1) is 20.4. The maximum absolute atomic E-state index is 13.6. The van der Waals surface area contributed by atoms with E-state index in [0.29, 0.717) is 54.8 Å². The first kappa shape index (κ1) is 29.8. The molecular formula is C31H34ClN5O4S. The monoisotopic (exact) mass is 607 g/mol. The van der Waals surface area contributed by atoms with Gasteiger partial charge in [-0.05, 0) is 29.3 Å². The Morgan fingerprint density at radius 1 is 0.952 bits per heavy atom. The molecule has 2 amide bonds.